The highest BCUT2D eigenvalue weighted by Crippen LogP contribution is 2.49. The summed E-state index contributed by atoms with van der Waals surface area (Å²) in [4.78, 5) is 25.3. The van der Waals surface area contributed by atoms with E-state index in [0.717, 1.165) is 54.9 Å². The number of fused-ring (bicyclic) bond motifs is 1. The van der Waals surface area contributed by atoms with Gasteiger partial charge in [0.25, 0.3) is 0 Å². The van der Waals surface area contributed by atoms with Crippen molar-refractivity contribution in [3.05, 3.63) is 41.6 Å². The monoisotopic (exact) mass is 492 g/mol. The molecule has 4 atom stereocenters. The molecule has 0 bridgehead atoms. The first-order valence-electron chi connectivity index (χ1n) is 12.5. The average Bonchev–Trinajstić information content (AvgIpc) is 3.57. The van der Waals surface area contributed by atoms with Gasteiger partial charge in [0.15, 0.2) is 0 Å². The molecule has 2 fully saturated rings. The number of carbonyl (C=O) groups excluding carboxylic acids is 1. The number of rotatable bonds is 8. The number of esters is 1. The van der Waals surface area contributed by atoms with Crippen LogP contribution < -0.4 is 9.47 Å². The molecule has 5 rings (SSSR count). The maximum atomic E-state index is 12.1. The maximum absolute atomic E-state index is 12.1. The molecule has 36 heavy (non-hydrogen) atoms. The van der Waals surface area contributed by atoms with Crippen molar-refractivity contribution in [2.45, 2.75) is 58.7 Å². The predicted molar refractivity (Wildman–Crippen MR) is 130 cm³/mol. The third-order valence-electron chi connectivity index (χ3n) is 7.51. The summed E-state index contributed by atoms with van der Waals surface area (Å²) in [5.41, 5.74) is 3.87. The Morgan fingerprint density at radius 1 is 1.19 bits per heavy atom. The van der Waals surface area contributed by atoms with Crippen molar-refractivity contribution in [1.29, 1.82) is 0 Å². The number of aromatic nitrogens is 6. The maximum Gasteiger partial charge on any atom is 0.308 e. The summed E-state index contributed by atoms with van der Waals surface area (Å²) >= 11 is 0. The van der Waals surface area contributed by atoms with E-state index in [1.807, 2.05) is 39.1 Å². The zero-order chi connectivity index (χ0) is 25.2. The van der Waals surface area contributed by atoms with Crippen LogP contribution in [0.4, 0.5) is 0 Å². The normalized spacial score (nSPS) is 22.9. The standard InChI is InChI=1S/C26H32N6O4/c1-5-17-11-24(28-14-27-17)35-13-22-25(30-31-32(22)3)21-8-9-23(15(2)29-21)36-18-10-16-6-7-19(20(16)12-18)26(33)34-4/h8-9,11,14,16,18-20H,5-7,10,12-13H2,1-4H3. The molecule has 3 aromatic heterocycles. The van der Waals surface area contributed by atoms with Gasteiger partial charge in [-0.15, -0.1) is 5.10 Å². The van der Waals surface area contributed by atoms with E-state index in [0.29, 0.717) is 29.1 Å². The lowest BCUT2D eigenvalue weighted by atomic mass is 9.92. The molecule has 3 heterocycles. The van der Waals surface area contributed by atoms with Gasteiger partial charge in [0.1, 0.15) is 30.1 Å². The summed E-state index contributed by atoms with van der Waals surface area (Å²) in [6.45, 7) is 4.23. The van der Waals surface area contributed by atoms with Crippen LogP contribution in [0.25, 0.3) is 11.4 Å². The second-order valence-electron chi connectivity index (χ2n) is 9.62. The molecular formula is C26H32N6O4. The van der Waals surface area contributed by atoms with Crippen LogP contribution >= 0.6 is 0 Å². The highest BCUT2D eigenvalue weighted by molar-refractivity contribution is 5.73. The number of methoxy groups -OCH3 is 1. The molecule has 0 aliphatic heterocycles. The van der Waals surface area contributed by atoms with Crippen molar-refractivity contribution in [1.82, 2.24) is 29.9 Å². The molecule has 2 saturated carbocycles. The van der Waals surface area contributed by atoms with E-state index >= 15 is 0 Å². The topological polar surface area (TPSA) is 114 Å². The zero-order valence-corrected chi connectivity index (χ0v) is 21.2. The first kappa shape index (κ1) is 24.1. The minimum atomic E-state index is -0.0837. The highest BCUT2D eigenvalue weighted by atomic mass is 16.5. The van der Waals surface area contributed by atoms with Crippen molar-refractivity contribution in [2.24, 2.45) is 24.8 Å². The Balaban J connectivity index is 1.27. The Kier molecular flexibility index (Phi) is 6.84. The molecule has 2 aliphatic carbocycles. The van der Waals surface area contributed by atoms with E-state index in [1.165, 1.54) is 13.4 Å². The van der Waals surface area contributed by atoms with Gasteiger partial charge in [-0.2, -0.15) is 0 Å². The third kappa shape index (κ3) is 4.76. The van der Waals surface area contributed by atoms with Gasteiger partial charge < -0.3 is 14.2 Å². The predicted octanol–water partition coefficient (Wildman–Crippen LogP) is 3.47. The quantitative estimate of drug-likeness (QED) is 0.436. The van der Waals surface area contributed by atoms with Gasteiger partial charge in [-0.05, 0) is 63.0 Å². The second-order valence-corrected chi connectivity index (χ2v) is 9.62. The van der Waals surface area contributed by atoms with Gasteiger partial charge in [0.2, 0.25) is 5.88 Å². The fourth-order valence-corrected chi connectivity index (χ4v) is 5.59. The SMILES string of the molecule is CCc1cc(OCc2c(-c3ccc(OC4CC5CCC(C(=O)OC)C5C4)c(C)n3)nnn2C)ncn1. The third-order valence-corrected chi connectivity index (χ3v) is 7.51. The summed E-state index contributed by atoms with van der Waals surface area (Å²) in [5.74, 6) is 2.06. The molecule has 10 nitrogen and oxygen atoms in total. The van der Waals surface area contributed by atoms with Crippen molar-refractivity contribution in [3.63, 3.8) is 0 Å². The van der Waals surface area contributed by atoms with Crippen LogP contribution in [0.15, 0.2) is 24.5 Å². The van der Waals surface area contributed by atoms with Crippen LogP contribution in [-0.4, -0.2) is 49.1 Å². The molecule has 0 saturated heterocycles. The number of ether oxygens (including phenoxy) is 3. The lowest BCUT2D eigenvalue weighted by Crippen LogP contribution is -2.22. The Morgan fingerprint density at radius 2 is 2.06 bits per heavy atom. The lowest BCUT2D eigenvalue weighted by Gasteiger charge is -2.18. The highest BCUT2D eigenvalue weighted by Gasteiger charge is 2.47. The number of hydrogen-bond donors (Lipinski definition) is 0. The summed E-state index contributed by atoms with van der Waals surface area (Å²) in [7, 11) is 3.30. The van der Waals surface area contributed by atoms with E-state index in [4.69, 9.17) is 19.2 Å². The van der Waals surface area contributed by atoms with Gasteiger partial charge in [-0.1, -0.05) is 12.1 Å². The molecule has 3 aromatic rings. The van der Waals surface area contributed by atoms with Gasteiger partial charge in [0.05, 0.1) is 30.5 Å². The Morgan fingerprint density at radius 3 is 2.83 bits per heavy atom. The van der Waals surface area contributed by atoms with E-state index in [9.17, 15) is 4.79 Å². The minimum Gasteiger partial charge on any atom is -0.489 e. The zero-order valence-electron chi connectivity index (χ0n) is 21.2. The van der Waals surface area contributed by atoms with Crippen LogP contribution in [0.1, 0.15) is 49.7 Å². The van der Waals surface area contributed by atoms with E-state index < -0.39 is 0 Å². The Bertz CT molecular complexity index is 1240. The van der Waals surface area contributed by atoms with Crippen molar-refractivity contribution in [2.75, 3.05) is 7.11 Å². The van der Waals surface area contributed by atoms with Crippen LogP contribution in [0.2, 0.25) is 0 Å². The van der Waals surface area contributed by atoms with Gasteiger partial charge in [-0.25, -0.2) is 19.6 Å². The van der Waals surface area contributed by atoms with E-state index in [-0.39, 0.29) is 24.6 Å². The van der Waals surface area contributed by atoms with Gasteiger partial charge in [0, 0.05) is 18.8 Å². The largest absolute Gasteiger partial charge is 0.489 e. The fraction of sp³-hybridized carbons (Fsp3) is 0.538. The molecule has 4 unspecified atom stereocenters. The molecule has 0 radical (unpaired) electrons. The summed E-state index contributed by atoms with van der Waals surface area (Å²) in [5, 5.41) is 8.51. The molecule has 0 spiro atoms. The van der Waals surface area contributed by atoms with Crippen molar-refractivity contribution >= 4 is 5.97 Å². The van der Waals surface area contributed by atoms with E-state index in [1.54, 1.807) is 4.68 Å². The average molecular weight is 493 g/mol. The van der Waals surface area contributed by atoms with Crippen molar-refractivity contribution < 1.29 is 19.0 Å². The number of nitrogens with zero attached hydrogens (tertiary/aromatic N) is 6. The van der Waals surface area contributed by atoms with E-state index in [2.05, 4.69) is 20.3 Å². The number of hydrogen-bond acceptors (Lipinski definition) is 9. The van der Waals surface area contributed by atoms with Crippen LogP contribution in [0, 0.1) is 24.7 Å². The second kappa shape index (κ2) is 10.2. The summed E-state index contributed by atoms with van der Waals surface area (Å²) in [6, 6.07) is 5.69. The molecule has 0 amide bonds. The van der Waals surface area contributed by atoms with Crippen LogP contribution in [0.5, 0.6) is 11.6 Å². The van der Waals surface area contributed by atoms with Gasteiger partial charge >= 0.3 is 5.97 Å². The smallest absolute Gasteiger partial charge is 0.308 e. The molecule has 0 N–H and O–H groups in total. The minimum absolute atomic E-state index is 0.00315. The fourth-order valence-electron chi connectivity index (χ4n) is 5.59. The summed E-state index contributed by atoms with van der Waals surface area (Å²) in [6.07, 6.45) is 6.22. The van der Waals surface area contributed by atoms with Crippen molar-refractivity contribution in [3.8, 4) is 23.0 Å². The Hall–Kier alpha value is -3.56. The molecular weight excluding hydrogens is 460 g/mol. The molecule has 10 heteroatoms. The first-order valence-corrected chi connectivity index (χ1v) is 12.5. The molecule has 0 aromatic carbocycles. The van der Waals surface area contributed by atoms with Gasteiger partial charge in [-0.3, -0.25) is 4.79 Å². The number of carbonyl (C=O) groups is 1. The number of pyridine rings is 1. The first-order chi connectivity index (χ1) is 17.5. The molecule has 190 valence electrons. The summed E-state index contributed by atoms with van der Waals surface area (Å²) < 4.78 is 19.0. The van der Waals surface area contributed by atoms with Crippen LogP contribution in [-0.2, 0) is 29.6 Å². The number of aryl methyl sites for hydroxylation is 3. The Labute approximate surface area is 210 Å². The lowest BCUT2D eigenvalue weighted by molar-refractivity contribution is -0.146. The molecule has 2 aliphatic rings. The van der Waals surface area contributed by atoms with Crippen LogP contribution in [0.3, 0.4) is 0 Å².